The van der Waals surface area contributed by atoms with Crippen molar-refractivity contribution in [2.24, 2.45) is 5.92 Å². The highest BCUT2D eigenvalue weighted by molar-refractivity contribution is 5.91. The number of piperidine rings is 2. The molecule has 0 aromatic heterocycles. The van der Waals surface area contributed by atoms with Crippen LogP contribution in [0.2, 0.25) is 0 Å². The van der Waals surface area contributed by atoms with Crippen LogP contribution in [0.3, 0.4) is 0 Å². The van der Waals surface area contributed by atoms with Crippen molar-refractivity contribution in [1.82, 2.24) is 9.80 Å². The molecule has 0 spiro atoms. The molecule has 1 amide bonds. The van der Waals surface area contributed by atoms with Crippen molar-refractivity contribution in [2.45, 2.75) is 37.7 Å². The molecule has 0 aliphatic carbocycles. The van der Waals surface area contributed by atoms with E-state index in [1.54, 1.807) is 12.0 Å². The monoisotopic (exact) mass is 484 g/mol. The van der Waals surface area contributed by atoms with Gasteiger partial charge in [-0.15, -0.1) is 0 Å². The second-order valence-corrected chi connectivity index (χ2v) is 9.58. The van der Waals surface area contributed by atoms with Crippen molar-refractivity contribution >= 4 is 12.0 Å². The molecule has 4 rings (SSSR count). The molecule has 1 N–H and O–H groups in total. The molecule has 2 heterocycles. The maximum absolute atomic E-state index is 13.3. The second kappa shape index (κ2) is 11.8. The Morgan fingerprint density at radius 1 is 1.03 bits per heavy atom. The van der Waals surface area contributed by atoms with Crippen LogP contribution < -0.4 is 4.74 Å². The van der Waals surface area contributed by atoms with E-state index < -0.39 is 17.7 Å². The second-order valence-electron chi connectivity index (χ2n) is 9.58. The zero-order valence-electron chi connectivity index (χ0n) is 20.2. The summed E-state index contributed by atoms with van der Waals surface area (Å²) >= 11 is 0. The van der Waals surface area contributed by atoms with Crippen molar-refractivity contribution in [3.05, 3.63) is 71.3 Å². The van der Waals surface area contributed by atoms with Crippen molar-refractivity contribution in [1.29, 1.82) is 0 Å². The number of hydrogen-bond acceptors (Lipinski definition) is 4. The van der Waals surface area contributed by atoms with Gasteiger partial charge in [-0.2, -0.15) is 0 Å². The molecule has 188 valence electrons. The first-order chi connectivity index (χ1) is 16.9. The average Bonchev–Trinajstić information content (AvgIpc) is 2.89. The fraction of sp³-hybridized carbons (Fsp3) is 0.464. The van der Waals surface area contributed by atoms with E-state index in [-0.39, 0.29) is 11.8 Å². The molecule has 0 radical (unpaired) electrons. The molecule has 2 aromatic rings. The smallest absolute Gasteiger partial charge is 0.246 e. The van der Waals surface area contributed by atoms with Gasteiger partial charge in [0.15, 0.2) is 11.6 Å². The zero-order valence-corrected chi connectivity index (χ0v) is 20.2. The SMILES string of the molecule is COc1ccc(C2CCN(CC(O)C3CCN(C(=O)C=Cc4ccc(F)c(F)c4)CC3)CC2)cc1. The van der Waals surface area contributed by atoms with E-state index in [1.807, 2.05) is 12.1 Å². The standard InChI is InChI=1S/C28H34F2N2O3/c1-35-24-6-4-21(5-7-24)22-10-14-31(15-11-22)19-27(33)23-12-16-32(17-13-23)28(34)9-3-20-2-8-25(29)26(30)18-20/h2-9,18,22-23,27,33H,10-17,19H2,1H3. The molecule has 35 heavy (non-hydrogen) atoms. The molecule has 5 nitrogen and oxygen atoms in total. The largest absolute Gasteiger partial charge is 0.497 e. The van der Waals surface area contributed by atoms with Crippen LogP contribution >= 0.6 is 0 Å². The number of halogens is 2. The Labute approximate surface area is 206 Å². The Balaban J connectivity index is 1.19. The number of rotatable bonds is 7. The van der Waals surface area contributed by atoms with E-state index >= 15 is 0 Å². The topological polar surface area (TPSA) is 53.0 Å². The van der Waals surface area contributed by atoms with Crippen LogP contribution in [-0.2, 0) is 4.79 Å². The number of amides is 1. The van der Waals surface area contributed by atoms with Gasteiger partial charge in [0.1, 0.15) is 5.75 Å². The number of ether oxygens (including phenoxy) is 1. The highest BCUT2D eigenvalue weighted by Gasteiger charge is 2.29. The number of benzene rings is 2. The van der Waals surface area contributed by atoms with Gasteiger partial charge < -0.3 is 19.6 Å². The molecule has 2 aliphatic rings. The molecule has 2 aromatic carbocycles. The minimum atomic E-state index is -0.931. The first kappa shape index (κ1) is 25.3. The third-order valence-corrected chi connectivity index (χ3v) is 7.38. The van der Waals surface area contributed by atoms with Crippen LogP contribution in [0.25, 0.3) is 6.08 Å². The molecule has 0 saturated carbocycles. The summed E-state index contributed by atoms with van der Waals surface area (Å²) < 4.78 is 31.6. The number of β-amino-alcohol motifs (C(OH)–C–C–N with tert-alkyl or cyclic N) is 1. The molecule has 2 saturated heterocycles. The number of carbonyl (C=O) groups is 1. The third-order valence-electron chi connectivity index (χ3n) is 7.38. The van der Waals surface area contributed by atoms with Crippen molar-refractivity contribution in [3.8, 4) is 5.75 Å². The normalized spacial score (nSPS) is 19.3. The Hall–Kier alpha value is -2.77. The minimum Gasteiger partial charge on any atom is -0.497 e. The summed E-state index contributed by atoms with van der Waals surface area (Å²) in [5.41, 5.74) is 1.79. The third kappa shape index (κ3) is 6.67. The van der Waals surface area contributed by atoms with Crippen molar-refractivity contribution < 1.29 is 23.4 Å². The summed E-state index contributed by atoms with van der Waals surface area (Å²) in [6, 6.07) is 11.9. The maximum Gasteiger partial charge on any atom is 0.246 e. The summed E-state index contributed by atoms with van der Waals surface area (Å²) in [6.45, 7) is 3.79. The fourth-order valence-corrected chi connectivity index (χ4v) is 5.13. The zero-order chi connectivity index (χ0) is 24.8. The number of nitrogens with zero attached hydrogens (tertiary/aromatic N) is 2. The highest BCUT2D eigenvalue weighted by Crippen LogP contribution is 2.30. The lowest BCUT2D eigenvalue weighted by atomic mass is 9.88. The number of carbonyl (C=O) groups excluding carboxylic acids is 1. The number of hydrogen-bond donors (Lipinski definition) is 1. The summed E-state index contributed by atoms with van der Waals surface area (Å²) in [4.78, 5) is 16.6. The minimum absolute atomic E-state index is 0.150. The van der Waals surface area contributed by atoms with Gasteiger partial charge in [0, 0.05) is 25.7 Å². The lowest BCUT2D eigenvalue weighted by Crippen LogP contribution is -2.45. The molecule has 1 atom stereocenters. The average molecular weight is 485 g/mol. The molecule has 0 bridgehead atoms. The van der Waals surface area contributed by atoms with Gasteiger partial charge in [0.05, 0.1) is 13.2 Å². The predicted octanol–water partition coefficient (Wildman–Crippen LogP) is 4.47. The van der Waals surface area contributed by atoms with E-state index in [9.17, 15) is 18.7 Å². The number of likely N-dealkylation sites (tertiary alicyclic amines) is 2. The lowest BCUT2D eigenvalue weighted by molar-refractivity contribution is -0.128. The fourth-order valence-electron chi connectivity index (χ4n) is 5.13. The van der Waals surface area contributed by atoms with Gasteiger partial charge in [-0.05, 0) is 92.1 Å². The Morgan fingerprint density at radius 3 is 2.34 bits per heavy atom. The Kier molecular flexibility index (Phi) is 8.52. The van der Waals surface area contributed by atoms with Crippen LogP contribution in [0.15, 0.2) is 48.5 Å². The van der Waals surface area contributed by atoms with Crippen molar-refractivity contribution in [3.63, 3.8) is 0 Å². The molecular weight excluding hydrogens is 450 g/mol. The van der Waals surface area contributed by atoms with E-state index in [0.29, 0.717) is 31.1 Å². The Bertz CT molecular complexity index is 1010. The van der Waals surface area contributed by atoms with E-state index in [0.717, 1.165) is 56.7 Å². The summed E-state index contributed by atoms with van der Waals surface area (Å²) in [5.74, 6) is -0.392. The van der Waals surface area contributed by atoms with Gasteiger partial charge >= 0.3 is 0 Å². The van der Waals surface area contributed by atoms with Crippen LogP contribution in [0.4, 0.5) is 8.78 Å². The van der Waals surface area contributed by atoms with Gasteiger partial charge in [-0.1, -0.05) is 18.2 Å². The van der Waals surface area contributed by atoms with Crippen LogP contribution in [0.1, 0.15) is 42.7 Å². The summed E-state index contributed by atoms with van der Waals surface area (Å²) in [7, 11) is 1.68. The van der Waals surface area contributed by atoms with E-state index in [4.69, 9.17) is 4.74 Å². The molecule has 2 aliphatic heterocycles. The number of methoxy groups -OCH3 is 1. The highest BCUT2D eigenvalue weighted by atomic mass is 19.2. The van der Waals surface area contributed by atoms with Crippen LogP contribution in [-0.4, -0.2) is 66.8 Å². The molecule has 7 heteroatoms. The number of aliphatic hydroxyl groups is 1. The van der Waals surface area contributed by atoms with Gasteiger partial charge in [-0.25, -0.2) is 8.78 Å². The summed E-state index contributed by atoms with van der Waals surface area (Å²) in [6.07, 6.45) is 6.18. The molecule has 1 unspecified atom stereocenters. The first-order valence-corrected chi connectivity index (χ1v) is 12.4. The first-order valence-electron chi connectivity index (χ1n) is 12.4. The maximum atomic E-state index is 13.3. The van der Waals surface area contributed by atoms with Gasteiger partial charge in [0.25, 0.3) is 0 Å². The predicted molar refractivity (Wildman–Crippen MR) is 132 cm³/mol. The van der Waals surface area contributed by atoms with E-state index in [2.05, 4.69) is 17.0 Å². The quantitative estimate of drug-likeness (QED) is 0.590. The molecule has 2 fully saturated rings. The lowest BCUT2D eigenvalue weighted by Gasteiger charge is -2.38. The van der Waals surface area contributed by atoms with Crippen LogP contribution in [0, 0.1) is 17.6 Å². The van der Waals surface area contributed by atoms with Crippen molar-refractivity contribution in [2.75, 3.05) is 39.8 Å². The van der Waals surface area contributed by atoms with Gasteiger partial charge in [-0.3, -0.25) is 4.79 Å². The molecular formula is C28H34F2N2O3. The Morgan fingerprint density at radius 2 is 1.71 bits per heavy atom. The van der Waals surface area contributed by atoms with Gasteiger partial charge in [0.2, 0.25) is 5.91 Å². The summed E-state index contributed by atoms with van der Waals surface area (Å²) in [5, 5.41) is 10.9. The van der Waals surface area contributed by atoms with E-state index in [1.165, 1.54) is 23.8 Å². The number of aliphatic hydroxyl groups excluding tert-OH is 1. The van der Waals surface area contributed by atoms with Crippen LogP contribution in [0.5, 0.6) is 5.75 Å².